The lowest BCUT2D eigenvalue weighted by atomic mass is 9.98. The second-order valence-corrected chi connectivity index (χ2v) is 5.93. The van der Waals surface area contributed by atoms with E-state index >= 15 is 0 Å². The van der Waals surface area contributed by atoms with Gasteiger partial charge in [-0.15, -0.1) is 0 Å². The molecule has 0 amide bonds. The highest BCUT2D eigenvalue weighted by atomic mass is 79.9. The van der Waals surface area contributed by atoms with E-state index in [1.165, 1.54) is 12.1 Å². The Hall–Kier alpha value is -0.740. The van der Waals surface area contributed by atoms with E-state index in [1.54, 1.807) is 12.1 Å². The molecule has 0 aliphatic carbocycles. The first kappa shape index (κ1) is 13.7. The lowest BCUT2D eigenvalue weighted by Gasteiger charge is -2.40. The van der Waals surface area contributed by atoms with E-state index in [1.807, 2.05) is 0 Å². The normalized spacial score (nSPS) is 26.8. The summed E-state index contributed by atoms with van der Waals surface area (Å²) in [6.07, 6.45) is 3.11. The highest BCUT2D eigenvalue weighted by molar-refractivity contribution is 9.09. The van der Waals surface area contributed by atoms with E-state index in [0.29, 0.717) is 0 Å². The molecule has 2 unspecified atom stereocenters. The Morgan fingerprint density at radius 1 is 1.44 bits per heavy atom. The third-order valence-corrected chi connectivity index (χ3v) is 4.64. The van der Waals surface area contributed by atoms with Gasteiger partial charge in [0, 0.05) is 10.9 Å². The van der Waals surface area contributed by atoms with Crippen LogP contribution < -0.4 is 0 Å². The third-order valence-electron chi connectivity index (χ3n) is 3.64. The average molecular weight is 314 g/mol. The molecule has 1 fully saturated rings. The Morgan fingerprint density at radius 2 is 2.11 bits per heavy atom. The molecule has 4 heteroatoms. The van der Waals surface area contributed by atoms with Crippen LogP contribution in [0.2, 0.25) is 0 Å². The zero-order valence-electron chi connectivity index (χ0n) is 10.4. The summed E-state index contributed by atoms with van der Waals surface area (Å²) in [4.78, 5) is 13.6. The Bertz CT molecular complexity index is 409. The van der Waals surface area contributed by atoms with E-state index in [9.17, 15) is 9.18 Å². The Morgan fingerprint density at radius 3 is 2.72 bits per heavy atom. The zero-order chi connectivity index (χ0) is 13.1. The first-order valence-corrected chi connectivity index (χ1v) is 7.15. The topological polar surface area (TPSA) is 20.3 Å². The summed E-state index contributed by atoms with van der Waals surface area (Å²) in [6, 6.07) is 6.55. The quantitative estimate of drug-likeness (QED) is 0.630. The Kier molecular flexibility index (Phi) is 4.51. The number of carbonyl (C=O) groups is 1. The maximum Gasteiger partial charge on any atom is 0.138 e. The molecule has 0 N–H and O–H groups in total. The van der Waals surface area contributed by atoms with Gasteiger partial charge in [-0.1, -0.05) is 28.1 Å². The lowest BCUT2D eigenvalue weighted by molar-refractivity contribution is -0.114. The molecule has 2 rings (SSSR count). The largest absolute Gasteiger partial charge is 0.302 e. The molecule has 1 heterocycles. The fraction of sp³-hybridized carbons (Fsp3) is 0.500. The van der Waals surface area contributed by atoms with E-state index in [0.717, 1.165) is 31.2 Å². The van der Waals surface area contributed by atoms with Gasteiger partial charge in [-0.2, -0.15) is 0 Å². The maximum atomic E-state index is 12.9. The van der Waals surface area contributed by atoms with Gasteiger partial charge in [-0.05, 0) is 44.0 Å². The molecule has 0 saturated carbocycles. The molecule has 0 bridgehead atoms. The number of aldehydes is 1. The second kappa shape index (κ2) is 5.93. The van der Waals surface area contributed by atoms with Crippen molar-refractivity contribution >= 4 is 22.2 Å². The molecular formula is C14H17BrFNO. The number of alkyl halides is 1. The molecule has 1 aromatic rings. The van der Waals surface area contributed by atoms with Crippen molar-refractivity contribution in [1.29, 1.82) is 0 Å². The molecule has 2 nitrogen and oxygen atoms in total. The zero-order valence-corrected chi connectivity index (χ0v) is 11.9. The van der Waals surface area contributed by atoms with Gasteiger partial charge in [0.2, 0.25) is 0 Å². The molecule has 1 aliphatic heterocycles. The van der Waals surface area contributed by atoms with E-state index < -0.39 is 0 Å². The summed E-state index contributed by atoms with van der Waals surface area (Å²) >= 11 is 3.57. The predicted octanol–water partition coefficient (Wildman–Crippen LogP) is 3.31. The fourth-order valence-electron chi connectivity index (χ4n) is 2.54. The number of carbonyl (C=O) groups excluding carboxylic acids is 1. The predicted molar refractivity (Wildman–Crippen MR) is 73.3 cm³/mol. The minimum Gasteiger partial charge on any atom is -0.302 e. The van der Waals surface area contributed by atoms with Crippen molar-refractivity contribution < 1.29 is 9.18 Å². The number of halogens is 2. The molecular weight excluding hydrogens is 297 g/mol. The van der Waals surface area contributed by atoms with E-state index in [4.69, 9.17) is 0 Å². The summed E-state index contributed by atoms with van der Waals surface area (Å²) in [7, 11) is 0. The molecule has 1 aliphatic rings. The molecule has 18 heavy (non-hydrogen) atoms. The maximum absolute atomic E-state index is 12.9. The highest BCUT2D eigenvalue weighted by Gasteiger charge is 2.32. The van der Waals surface area contributed by atoms with Crippen molar-refractivity contribution in [2.45, 2.75) is 36.7 Å². The minimum absolute atomic E-state index is 0.0983. The van der Waals surface area contributed by atoms with Crippen molar-refractivity contribution in [2.24, 2.45) is 0 Å². The average Bonchev–Trinajstić information content (AvgIpc) is 2.38. The van der Waals surface area contributed by atoms with Gasteiger partial charge < -0.3 is 4.79 Å². The van der Waals surface area contributed by atoms with Crippen LogP contribution in [0.1, 0.15) is 31.4 Å². The first-order chi connectivity index (χ1) is 8.63. The van der Waals surface area contributed by atoms with Gasteiger partial charge in [-0.25, -0.2) is 4.39 Å². The van der Waals surface area contributed by atoms with E-state index in [-0.39, 0.29) is 22.7 Å². The fourth-order valence-corrected chi connectivity index (χ4v) is 3.30. The molecule has 3 atom stereocenters. The highest BCUT2D eigenvalue weighted by Crippen LogP contribution is 2.30. The van der Waals surface area contributed by atoms with Crippen LogP contribution in [-0.4, -0.2) is 28.6 Å². The third kappa shape index (κ3) is 2.81. The van der Waals surface area contributed by atoms with Gasteiger partial charge in [0.1, 0.15) is 12.1 Å². The van der Waals surface area contributed by atoms with Gasteiger partial charge in [0.05, 0.1) is 6.04 Å². The van der Waals surface area contributed by atoms with Crippen LogP contribution >= 0.6 is 15.9 Å². The number of rotatable bonds is 3. The second-order valence-electron chi connectivity index (χ2n) is 4.75. The Balaban J connectivity index is 2.18. The van der Waals surface area contributed by atoms with Crippen LogP contribution in [0.3, 0.4) is 0 Å². The van der Waals surface area contributed by atoms with Crippen LogP contribution in [-0.2, 0) is 4.79 Å². The molecule has 0 radical (unpaired) electrons. The van der Waals surface area contributed by atoms with Crippen molar-refractivity contribution in [3.05, 3.63) is 35.6 Å². The smallest absolute Gasteiger partial charge is 0.138 e. The van der Waals surface area contributed by atoms with E-state index in [2.05, 4.69) is 27.8 Å². The number of piperidine rings is 1. The Labute approximate surface area is 115 Å². The number of likely N-dealkylation sites (tertiary alicyclic amines) is 1. The molecule has 98 valence electrons. The summed E-state index contributed by atoms with van der Waals surface area (Å²) in [6.45, 7) is 2.97. The van der Waals surface area contributed by atoms with Crippen molar-refractivity contribution in [2.75, 3.05) is 6.54 Å². The SMILES string of the molecule is C[C@@H](c1ccc(F)cc1)N1CCCC(Br)C1C=O. The minimum atomic E-state index is -0.227. The number of nitrogens with zero attached hydrogens (tertiary/aromatic N) is 1. The van der Waals surface area contributed by atoms with Gasteiger partial charge in [-0.3, -0.25) is 4.90 Å². The summed E-state index contributed by atoms with van der Waals surface area (Å²) in [5, 5.41) is 0. The first-order valence-electron chi connectivity index (χ1n) is 6.24. The summed E-state index contributed by atoms with van der Waals surface area (Å²) in [5.41, 5.74) is 1.05. The molecule has 0 spiro atoms. The van der Waals surface area contributed by atoms with Gasteiger partial charge >= 0.3 is 0 Å². The molecule has 1 saturated heterocycles. The summed E-state index contributed by atoms with van der Waals surface area (Å²) in [5.74, 6) is -0.227. The van der Waals surface area contributed by atoms with Crippen LogP contribution in [0, 0.1) is 5.82 Å². The van der Waals surface area contributed by atoms with Crippen molar-refractivity contribution in [3.63, 3.8) is 0 Å². The van der Waals surface area contributed by atoms with Crippen LogP contribution in [0.25, 0.3) is 0 Å². The number of hydrogen-bond donors (Lipinski definition) is 0. The lowest BCUT2D eigenvalue weighted by Crippen LogP contribution is -2.47. The summed E-state index contributed by atoms with van der Waals surface area (Å²) < 4.78 is 12.9. The van der Waals surface area contributed by atoms with Gasteiger partial charge in [0.15, 0.2) is 0 Å². The van der Waals surface area contributed by atoms with Crippen molar-refractivity contribution in [3.8, 4) is 0 Å². The van der Waals surface area contributed by atoms with Crippen LogP contribution in [0.15, 0.2) is 24.3 Å². The van der Waals surface area contributed by atoms with Crippen molar-refractivity contribution in [1.82, 2.24) is 4.90 Å². The van der Waals surface area contributed by atoms with Crippen LogP contribution in [0.4, 0.5) is 4.39 Å². The van der Waals surface area contributed by atoms with Crippen LogP contribution in [0.5, 0.6) is 0 Å². The molecule has 1 aromatic carbocycles. The monoisotopic (exact) mass is 313 g/mol. The number of benzene rings is 1. The van der Waals surface area contributed by atoms with Gasteiger partial charge in [0.25, 0.3) is 0 Å². The molecule has 0 aromatic heterocycles. The number of hydrogen-bond acceptors (Lipinski definition) is 2. The standard InChI is InChI=1S/C14H17BrFNO/c1-10(11-4-6-12(16)7-5-11)17-8-2-3-13(15)14(17)9-18/h4-7,9-10,13-14H,2-3,8H2,1H3/t10-,13?,14?/m0/s1.